The number of hydrogen-bond donors (Lipinski definition) is 1. The lowest BCUT2D eigenvalue weighted by Crippen LogP contribution is -1.83. The van der Waals surface area contributed by atoms with Gasteiger partial charge in [0.25, 0.3) is 0 Å². The minimum atomic E-state index is 0.918. The first-order valence-corrected chi connectivity index (χ1v) is 6.46. The zero-order valence-corrected chi connectivity index (χ0v) is 9.35. The van der Waals surface area contributed by atoms with Gasteiger partial charge in [0, 0.05) is 6.21 Å². The van der Waals surface area contributed by atoms with Crippen molar-refractivity contribution in [3.63, 3.8) is 0 Å². The van der Waals surface area contributed by atoms with Gasteiger partial charge in [-0.1, -0.05) is 25.7 Å². The van der Waals surface area contributed by atoms with Gasteiger partial charge in [-0.3, -0.25) is 0 Å². The van der Waals surface area contributed by atoms with Gasteiger partial charge in [0.05, 0.1) is 0 Å². The monoisotopic (exact) mass is 203 g/mol. The highest BCUT2D eigenvalue weighted by atomic mass is 32.2. The predicted octanol–water partition coefficient (Wildman–Crippen LogP) is 3.54. The van der Waals surface area contributed by atoms with Crippen LogP contribution in [0.3, 0.4) is 0 Å². The van der Waals surface area contributed by atoms with Crippen molar-refractivity contribution in [1.29, 1.82) is 0 Å². The van der Waals surface area contributed by atoms with Crippen molar-refractivity contribution in [2.45, 2.75) is 44.9 Å². The van der Waals surface area contributed by atoms with Gasteiger partial charge in [-0.05, 0) is 31.3 Å². The van der Waals surface area contributed by atoms with Gasteiger partial charge >= 0.3 is 0 Å². The molecule has 0 aliphatic rings. The Morgan fingerprint density at radius 1 is 1.08 bits per heavy atom. The number of nitrogens with zero attached hydrogens (tertiary/aromatic N) is 1. The molecule has 0 saturated carbocycles. The normalized spacial score (nSPS) is 11.2. The van der Waals surface area contributed by atoms with Gasteiger partial charge in [-0.2, -0.15) is 11.8 Å². The van der Waals surface area contributed by atoms with Gasteiger partial charge in [0.1, 0.15) is 0 Å². The number of thioether (sulfide) groups is 1. The lowest BCUT2D eigenvalue weighted by Gasteiger charge is -1.99. The molecule has 0 saturated heterocycles. The van der Waals surface area contributed by atoms with E-state index in [1.165, 1.54) is 37.9 Å². The Morgan fingerprint density at radius 2 is 1.69 bits per heavy atom. The van der Waals surface area contributed by atoms with Crippen LogP contribution in [0.25, 0.3) is 0 Å². The molecule has 0 fully saturated rings. The highest BCUT2D eigenvalue weighted by Gasteiger charge is 1.90. The molecule has 0 aromatic heterocycles. The van der Waals surface area contributed by atoms with Crippen LogP contribution in [0.15, 0.2) is 5.16 Å². The van der Waals surface area contributed by atoms with Gasteiger partial charge in [-0.15, -0.1) is 5.16 Å². The highest BCUT2D eigenvalue weighted by Crippen LogP contribution is 2.08. The van der Waals surface area contributed by atoms with E-state index in [1.807, 2.05) is 11.8 Å². The standard InChI is InChI=1S/C10H21NOS/c1-13-10-8-6-4-2-3-5-7-9-11-12/h9,12H,2-8,10H2,1H3/b11-9+. The Kier molecular flexibility index (Phi) is 11.7. The van der Waals surface area contributed by atoms with Crippen molar-refractivity contribution < 1.29 is 5.21 Å². The second-order valence-corrected chi connectivity index (χ2v) is 4.19. The number of oxime groups is 1. The first kappa shape index (κ1) is 12.8. The van der Waals surface area contributed by atoms with Crippen LogP contribution in [-0.4, -0.2) is 23.4 Å². The minimum Gasteiger partial charge on any atom is -0.411 e. The van der Waals surface area contributed by atoms with Gasteiger partial charge in [0.2, 0.25) is 0 Å². The van der Waals surface area contributed by atoms with E-state index in [2.05, 4.69) is 11.4 Å². The van der Waals surface area contributed by atoms with Crippen LogP contribution < -0.4 is 0 Å². The second-order valence-electron chi connectivity index (χ2n) is 3.20. The molecular formula is C10H21NOS. The maximum atomic E-state index is 8.13. The van der Waals surface area contributed by atoms with Crippen molar-refractivity contribution in [3.05, 3.63) is 0 Å². The molecule has 0 unspecified atom stereocenters. The second kappa shape index (κ2) is 11.8. The minimum absolute atomic E-state index is 0.918. The fourth-order valence-electron chi connectivity index (χ4n) is 1.25. The molecule has 0 aliphatic carbocycles. The van der Waals surface area contributed by atoms with Gasteiger partial charge < -0.3 is 5.21 Å². The van der Waals surface area contributed by atoms with E-state index in [9.17, 15) is 0 Å². The fraction of sp³-hybridized carbons (Fsp3) is 0.900. The Morgan fingerprint density at radius 3 is 2.31 bits per heavy atom. The summed E-state index contributed by atoms with van der Waals surface area (Å²) < 4.78 is 0. The summed E-state index contributed by atoms with van der Waals surface area (Å²) in [5.74, 6) is 1.30. The molecule has 0 aromatic carbocycles. The Balaban J connectivity index is 2.83. The Hall–Kier alpha value is -0.180. The average molecular weight is 203 g/mol. The molecule has 0 rings (SSSR count). The summed E-state index contributed by atoms with van der Waals surface area (Å²) >= 11 is 1.93. The first-order chi connectivity index (χ1) is 6.41. The molecule has 0 aromatic rings. The number of hydrogen-bond acceptors (Lipinski definition) is 3. The van der Waals surface area contributed by atoms with Crippen molar-refractivity contribution >= 4 is 18.0 Å². The zero-order valence-electron chi connectivity index (χ0n) is 8.54. The molecule has 78 valence electrons. The molecule has 2 nitrogen and oxygen atoms in total. The topological polar surface area (TPSA) is 32.6 Å². The van der Waals surface area contributed by atoms with E-state index >= 15 is 0 Å². The fourth-order valence-corrected chi connectivity index (χ4v) is 1.74. The van der Waals surface area contributed by atoms with E-state index < -0.39 is 0 Å². The molecule has 0 atom stereocenters. The zero-order chi connectivity index (χ0) is 9.78. The van der Waals surface area contributed by atoms with Gasteiger partial charge in [-0.25, -0.2) is 0 Å². The average Bonchev–Trinajstić information content (AvgIpc) is 2.16. The quantitative estimate of drug-likeness (QED) is 0.269. The predicted molar refractivity (Wildman–Crippen MR) is 61.0 cm³/mol. The summed E-state index contributed by atoms with van der Waals surface area (Å²) in [6.45, 7) is 0. The summed E-state index contributed by atoms with van der Waals surface area (Å²) in [6, 6.07) is 0. The molecule has 0 radical (unpaired) electrons. The van der Waals surface area contributed by atoms with Crippen LogP contribution in [0.2, 0.25) is 0 Å². The lowest BCUT2D eigenvalue weighted by atomic mass is 10.1. The number of unbranched alkanes of at least 4 members (excludes halogenated alkanes) is 6. The molecule has 0 amide bonds. The van der Waals surface area contributed by atoms with Crippen molar-refractivity contribution in [1.82, 2.24) is 0 Å². The summed E-state index contributed by atoms with van der Waals surface area (Å²) in [7, 11) is 0. The van der Waals surface area contributed by atoms with E-state index in [0.717, 1.165) is 12.8 Å². The molecule has 1 N–H and O–H groups in total. The third-order valence-electron chi connectivity index (χ3n) is 2.01. The maximum Gasteiger partial charge on any atom is 0.0435 e. The van der Waals surface area contributed by atoms with E-state index in [0.29, 0.717) is 0 Å². The Bertz CT molecular complexity index is 117. The van der Waals surface area contributed by atoms with Crippen LogP contribution in [0.5, 0.6) is 0 Å². The molecule has 0 heterocycles. The van der Waals surface area contributed by atoms with E-state index in [1.54, 1.807) is 6.21 Å². The molecule has 13 heavy (non-hydrogen) atoms. The van der Waals surface area contributed by atoms with Crippen LogP contribution in [-0.2, 0) is 0 Å². The highest BCUT2D eigenvalue weighted by molar-refractivity contribution is 7.98. The summed E-state index contributed by atoms with van der Waals surface area (Å²) in [6.07, 6.45) is 12.5. The molecule has 3 heteroatoms. The van der Waals surface area contributed by atoms with Crippen molar-refractivity contribution in [2.24, 2.45) is 5.16 Å². The Labute approximate surface area is 85.8 Å². The summed E-state index contributed by atoms with van der Waals surface area (Å²) in [4.78, 5) is 0. The van der Waals surface area contributed by atoms with E-state index in [-0.39, 0.29) is 0 Å². The van der Waals surface area contributed by atoms with Crippen LogP contribution in [0.4, 0.5) is 0 Å². The van der Waals surface area contributed by atoms with Crippen LogP contribution in [0.1, 0.15) is 44.9 Å². The van der Waals surface area contributed by atoms with Crippen LogP contribution >= 0.6 is 11.8 Å². The van der Waals surface area contributed by atoms with E-state index in [4.69, 9.17) is 5.21 Å². The molecule has 0 spiro atoms. The molecular weight excluding hydrogens is 182 g/mol. The van der Waals surface area contributed by atoms with Crippen LogP contribution in [0, 0.1) is 0 Å². The SMILES string of the molecule is CSCCCCCCCC/C=N/O. The first-order valence-electron chi connectivity index (χ1n) is 5.06. The van der Waals surface area contributed by atoms with Crippen molar-refractivity contribution in [2.75, 3.05) is 12.0 Å². The maximum absolute atomic E-state index is 8.13. The summed E-state index contributed by atoms with van der Waals surface area (Å²) in [5.41, 5.74) is 0. The number of rotatable bonds is 9. The molecule has 0 bridgehead atoms. The summed E-state index contributed by atoms with van der Waals surface area (Å²) in [5, 5.41) is 11.1. The van der Waals surface area contributed by atoms with Gasteiger partial charge in [0.15, 0.2) is 0 Å². The third kappa shape index (κ3) is 11.8. The lowest BCUT2D eigenvalue weighted by molar-refractivity contribution is 0.320. The largest absolute Gasteiger partial charge is 0.411 e. The van der Waals surface area contributed by atoms with Crippen molar-refractivity contribution in [3.8, 4) is 0 Å². The smallest absolute Gasteiger partial charge is 0.0435 e. The molecule has 0 aliphatic heterocycles. The third-order valence-corrected chi connectivity index (χ3v) is 2.71.